The highest BCUT2D eigenvalue weighted by Crippen LogP contribution is 2.24. The summed E-state index contributed by atoms with van der Waals surface area (Å²) in [6.07, 6.45) is 0. The number of amides is 1. The van der Waals surface area contributed by atoms with Crippen molar-refractivity contribution in [2.24, 2.45) is 0 Å². The number of aryl methyl sites for hydroxylation is 1. The van der Waals surface area contributed by atoms with Crippen molar-refractivity contribution in [2.75, 3.05) is 11.9 Å². The fourth-order valence-electron chi connectivity index (χ4n) is 1.65. The van der Waals surface area contributed by atoms with Gasteiger partial charge in [0.25, 0.3) is 5.91 Å². The molecule has 2 aromatic rings. The van der Waals surface area contributed by atoms with E-state index >= 15 is 0 Å². The lowest BCUT2D eigenvalue weighted by molar-refractivity contribution is -0.380. The molecule has 23 heavy (non-hydrogen) atoms. The molecule has 0 spiro atoms. The first-order valence-electron chi connectivity index (χ1n) is 6.33. The second-order valence-corrected chi connectivity index (χ2v) is 5.84. The van der Waals surface area contributed by atoms with Crippen LogP contribution in [0.1, 0.15) is 15.9 Å². The summed E-state index contributed by atoms with van der Waals surface area (Å²) in [5.41, 5.74) is 1.38. The molecule has 1 aromatic heterocycles. The molecular weight excluding hydrogens is 344 g/mol. The second kappa shape index (κ2) is 7.21. The van der Waals surface area contributed by atoms with Crippen LogP contribution in [0, 0.1) is 17.0 Å². The Hall–Kier alpha value is -2.45. The van der Waals surface area contributed by atoms with Gasteiger partial charge in [0.05, 0.1) is 21.2 Å². The predicted molar refractivity (Wildman–Crippen MR) is 86.1 cm³/mol. The molecule has 1 heterocycles. The van der Waals surface area contributed by atoms with Gasteiger partial charge in [-0.15, -0.1) is 0 Å². The number of ether oxygens (including phenoxy) is 1. The van der Waals surface area contributed by atoms with E-state index in [4.69, 9.17) is 16.3 Å². The smallest absolute Gasteiger partial charge is 0.339 e. The van der Waals surface area contributed by atoms with Crippen LogP contribution in [0.4, 0.5) is 10.7 Å². The van der Waals surface area contributed by atoms with E-state index in [-0.39, 0.29) is 10.6 Å². The highest BCUT2D eigenvalue weighted by molar-refractivity contribution is 7.13. The van der Waals surface area contributed by atoms with E-state index in [9.17, 15) is 19.7 Å². The van der Waals surface area contributed by atoms with Crippen molar-refractivity contribution in [3.05, 3.63) is 55.9 Å². The van der Waals surface area contributed by atoms with Gasteiger partial charge >= 0.3 is 11.0 Å². The number of thiophene rings is 1. The maximum atomic E-state index is 11.7. The Labute approximate surface area is 140 Å². The van der Waals surface area contributed by atoms with Crippen LogP contribution in [0.2, 0.25) is 5.02 Å². The molecule has 0 radical (unpaired) electrons. The normalized spacial score (nSPS) is 10.2. The lowest BCUT2D eigenvalue weighted by atomic mass is 10.2. The number of nitrogens with zero attached hydrogens (tertiary/aromatic N) is 1. The van der Waals surface area contributed by atoms with Gasteiger partial charge in [-0.3, -0.25) is 14.9 Å². The molecule has 1 amide bonds. The number of esters is 1. The summed E-state index contributed by atoms with van der Waals surface area (Å²) in [7, 11) is 0. The second-order valence-electron chi connectivity index (χ2n) is 4.54. The summed E-state index contributed by atoms with van der Waals surface area (Å²) in [6.45, 7) is 1.34. The Balaban J connectivity index is 1.90. The number of rotatable bonds is 5. The van der Waals surface area contributed by atoms with E-state index in [1.165, 1.54) is 5.38 Å². The minimum absolute atomic E-state index is 0.0304. The van der Waals surface area contributed by atoms with Crippen molar-refractivity contribution in [2.45, 2.75) is 6.92 Å². The lowest BCUT2D eigenvalue weighted by Gasteiger charge is -2.08. The van der Waals surface area contributed by atoms with Gasteiger partial charge in [0.2, 0.25) is 0 Å². The van der Waals surface area contributed by atoms with E-state index in [1.807, 2.05) is 6.92 Å². The number of benzene rings is 1. The number of carbonyl (C=O) groups is 2. The lowest BCUT2D eigenvalue weighted by Crippen LogP contribution is -2.20. The average Bonchev–Trinajstić information content (AvgIpc) is 2.98. The molecule has 0 saturated carbocycles. The minimum Gasteiger partial charge on any atom is -0.452 e. The van der Waals surface area contributed by atoms with Crippen LogP contribution in [0.15, 0.2) is 29.6 Å². The van der Waals surface area contributed by atoms with E-state index in [0.717, 1.165) is 23.0 Å². The fourth-order valence-corrected chi connectivity index (χ4v) is 2.63. The summed E-state index contributed by atoms with van der Waals surface area (Å²) >= 11 is 6.79. The van der Waals surface area contributed by atoms with E-state index in [1.54, 1.807) is 18.2 Å². The largest absolute Gasteiger partial charge is 0.452 e. The highest BCUT2D eigenvalue weighted by atomic mass is 35.5. The van der Waals surface area contributed by atoms with Crippen LogP contribution < -0.4 is 5.32 Å². The fraction of sp³-hybridized carbons (Fsp3) is 0.143. The van der Waals surface area contributed by atoms with Crippen molar-refractivity contribution < 1.29 is 19.2 Å². The Kier molecular flexibility index (Phi) is 5.30. The molecule has 0 fully saturated rings. The van der Waals surface area contributed by atoms with E-state index in [2.05, 4.69) is 5.32 Å². The molecule has 0 aliphatic carbocycles. The summed E-state index contributed by atoms with van der Waals surface area (Å²) in [4.78, 5) is 33.4. The van der Waals surface area contributed by atoms with Crippen LogP contribution in [-0.4, -0.2) is 23.4 Å². The van der Waals surface area contributed by atoms with Gasteiger partial charge in [-0.25, -0.2) is 4.79 Å². The molecule has 2 rings (SSSR count). The molecule has 7 nitrogen and oxygen atoms in total. The zero-order chi connectivity index (χ0) is 17.0. The number of hydrogen-bond donors (Lipinski definition) is 1. The van der Waals surface area contributed by atoms with Gasteiger partial charge in [0, 0.05) is 11.4 Å². The third-order valence-electron chi connectivity index (χ3n) is 2.73. The van der Waals surface area contributed by atoms with E-state index < -0.39 is 23.4 Å². The van der Waals surface area contributed by atoms with Gasteiger partial charge < -0.3 is 10.1 Å². The topological polar surface area (TPSA) is 98.5 Å². The number of nitro groups is 1. The Bertz CT molecular complexity index is 774. The van der Waals surface area contributed by atoms with Gasteiger partial charge in [-0.05, 0) is 24.6 Å². The van der Waals surface area contributed by atoms with Crippen LogP contribution in [0.3, 0.4) is 0 Å². The highest BCUT2D eigenvalue weighted by Gasteiger charge is 2.17. The Morgan fingerprint density at radius 1 is 1.39 bits per heavy atom. The van der Waals surface area contributed by atoms with Crippen LogP contribution in [0.25, 0.3) is 0 Å². The first-order chi connectivity index (χ1) is 10.9. The zero-order valence-electron chi connectivity index (χ0n) is 11.9. The first kappa shape index (κ1) is 16.9. The van der Waals surface area contributed by atoms with Gasteiger partial charge in [0.15, 0.2) is 6.61 Å². The zero-order valence-corrected chi connectivity index (χ0v) is 13.4. The molecule has 1 aromatic carbocycles. The van der Waals surface area contributed by atoms with Crippen LogP contribution in [-0.2, 0) is 9.53 Å². The van der Waals surface area contributed by atoms with Gasteiger partial charge in [0.1, 0.15) is 0 Å². The summed E-state index contributed by atoms with van der Waals surface area (Å²) in [5.74, 6) is -1.37. The molecule has 0 saturated heterocycles. The minimum atomic E-state index is -0.806. The molecule has 0 aliphatic heterocycles. The van der Waals surface area contributed by atoms with Crippen molar-refractivity contribution in [3.8, 4) is 0 Å². The summed E-state index contributed by atoms with van der Waals surface area (Å²) in [6, 6.07) is 6.20. The Morgan fingerprint density at radius 3 is 2.74 bits per heavy atom. The standard InChI is InChI=1S/C14H11ClN2O5S/c1-8-2-3-11(10(15)4-8)16-12(18)6-22-14(19)9-5-13(17(20)21)23-7-9/h2-5,7H,6H2,1H3,(H,16,18). The van der Waals surface area contributed by atoms with Crippen molar-refractivity contribution >= 4 is 45.5 Å². The SMILES string of the molecule is Cc1ccc(NC(=O)COC(=O)c2csc([N+](=O)[O-])c2)c(Cl)c1. The number of halogens is 1. The summed E-state index contributed by atoms with van der Waals surface area (Å²) in [5, 5.41) is 14.6. The van der Waals surface area contributed by atoms with Crippen molar-refractivity contribution in [1.82, 2.24) is 0 Å². The number of carbonyl (C=O) groups excluding carboxylic acids is 2. The average molecular weight is 355 g/mol. The maximum absolute atomic E-state index is 11.7. The maximum Gasteiger partial charge on any atom is 0.339 e. The molecule has 0 aliphatic rings. The molecule has 0 unspecified atom stereocenters. The molecule has 9 heteroatoms. The third kappa shape index (κ3) is 4.51. The quantitative estimate of drug-likeness (QED) is 0.504. The predicted octanol–water partition coefficient (Wildman–Crippen LogP) is 3.41. The Morgan fingerprint density at radius 2 is 2.13 bits per heavy atom. The van der Waals surface area contributed by atoms with Gasteiger partial charge in [-0.2, -0.15) is 0 Å². The first-order valence-corrected chi connectivity index (χ1v) is 7.58. The molecular formula is C14H11ClN2O5S. The van der Waals surface area contributed by atoms with Crippen LogP contribution >= 0.6 is 22.9 Å². The number of anilines is 1. The number of hydrogen-bond acceptors (Lipinski definition) is 6. The van der Waals surface area contributed by atoms with Crippen molar-refractivity contribution in [1.29, 1.82) is 0 Å². The molecule has 0 atom stereocenters. The van der Waals surface area contributed by atoms with Crippen molar-refractivity contribution in [3.63, 3.8) is 0 Å². The summed E-state index contributed by atoms with van der Waals surface area (Å²) < 4.78 is 4.81. The monoisotopic (exact) mass is 354 g/mol. The van der Waals surface area contributed by atoms with Crippen LogP contribution in [0.5, 0.6) is 0 Å². The van der Waals surface area contributed by atoms with Gasteiger partial charge in [-0.1, -0.05) is 29.0 Å². The van der Waals surface area contributed by atoms with E-state index in [0.29, 0.717) is 10.7 Å². The number of nitrogens with one attached hydrogen (secondary N) is 1. The molecule has 0 bridgehead atoms. The third-order valence-corrected chi connectivity index (χ3v) is 3.93. The molecule has 1 N–H and O–H groups in total. The molecule has 120 valence electrons.